The SMILES string of the molecule is O=C(c1ccc(F)cc1F)N1CCN(c2cccc(F)c2)C(=O)C1. The quantitative estimate of drug-likeness (QED) is 0.847. The molecular weight excluding hydrogens is 321 g/mol. The number of halogens is 3. The van der Waals surface area contributed by atoms with Gasteiger partial charge in [-0.15, -0.1) is 0 Å². The molecule has 1 aliphatic rings. The summed E-state index contributed by atoms with van der Waals surface area (Å²) in [6.07, 6.45) is 0. The van der Waals surface area contributed by atoms with Crippen molar-refractivity contribution >= 4 is 17.5 Å². The van der Waals surface area contributed by atoms with Crippen molar-refractivity contribution < 1.29 is 22.8 Å². The molecule has 0 N–H and O–H groups in total. The van der Waals surface area contributed by atoms with E-state index in [0.717, 1.165) is 12.1 Å². The summed E-state index contributed by atoms with van der Waals surface area (Å²) in [5.41, 5.74) is 0.114. The molecule has 0 radical (unpaired) electrons. The predicted octanol–water partition coefficient (Wildman–Crippen LogP) is 2.59. The van der Waals surface area contributed by atoms with Gasteiger partial charge in [-0.3, -0.25) is 9.59 Å². The Balaban J connectivity index is 1.75. The topological polar surface area (TPSA) is 40.6 Å². The predicted molar refractivity (Wildman–Crippen MR) is 81.0 cm³/mol. The van der Waals surface area contributed by atoms with Crippen LogP contribution in [0.1, 0.15) is 10.4 Å². The van der Waals surface area contributed by atoms with Crippen LogP contribution in [0.5, 0.6) is 0 Å². The number of amides is 2. The van der Waals surface area contributed by atoms with Crippen LogP contribution in [0.2, 0.25) is 0 Å². The van der Waals surface area contributed by atoms with E-state index >= 15 is 0 Å². The van der Waals surface area contributed by atoms with Crippen molar-refractivity contribution in [3.63, 3.8) is 0 Å². The van der Waals surface area contributed by atoms with E-state index in [1.807, 2.05) is 0 Å². The molecule has 0 saturated carbocycles. The third-order valence-corrected chi connectivity index (χ3v) is 3.79. The van der Waals surface area contributed by atoms with Crippen LogP contribution in [0.4, 0.5) is 18.9 Å². The van der Waals surface area contributed by atoms with Crippen molar-refractivity contribution in [2.45, 2.75) is 0 Å². The molecule has 3 rings (SSSR count). The summed E-state index contributed by atoms with van der Waals surface area (Å²) in [6, 6.07) is 8.25. The Morgan fingerprint density at radius 2 is 1.71 bits per heavy atom. The minimum atomic E-state index is -0.972. The lowest BCUT2D eigenvalue weighted by atomic mass is 10.1. The van der Waals surface area contributed by atoms with E-state index in [1.54, 1.807) is 6.07 Å². The minimum absolute atomic E-state index is 0.164. The zero-order valence-electron chi connectivity index (χ0n) is 12.5. The van der Waals surface area contributed by atoms with Crippen molar-refractivity contribution in [1.29, 1.82) is 0 Å². The molecule has 2 aromatic rings. The number of anilines is 1. The van der Waals surface area contributed by atoms with Crippen molar-refractivity contribution in [2.24, 2.45) is 0 Å². The maximum absolute atomic E-state index is 13.7. The van der Waals surface area contributed by atoms with Crippen LogP contribution in [-0.4, -0.2) is 36.3 Å². The zero-order valence-corrected chi connectivity index (χ0v) is 12.5. The van der Waals surface area contributed by atoms with Gasteiger partial charge in [-0.25, -0.2) is 13.2 Å². The molecule has 0 unspecified atom stereocenters. The fourth-order valence-corrected chi connectivity index (χ4v) is 2.60. The number of nitrogens with zero attached hydrogens (tertiary/aromatic N) is 2. The zero-order chi connectivity index (χ0) is 17.3. The Kier molecular flexibility index (Phi) is 4.24. The van der Waals surface area contributed by atoms with Gasteiger partial charge in [0, 0.05) is 24.8 Å². The van der Waals surface area contributed by atoms with E-state index in [0.29, 0.717) is 11.8 Å². The first kappa shape index (κ1) is 16.0. The largest absolute Gasteiger partial charge is 0.327 e. The summed E-state index contributed by atoms with van der Waals surface area (Å²) in [6.45, 7) is 0.0703. The van der Waals surface area contributed by atoms with E-state index in [2.05, 4.69) is 0 Å². The highest BCUT2D eigenvalue weighted by Gasteiger charge is 2.29. The van der Waals surface area contributed by atoms with Gasteiger partial charge in [0.2, 0.25) is 5.91 Å². The van der Waals surface area contributed by atoms with Gasteiger partial charge in [0.25, 0.3) is 5.91 Å². The number of carbonyl (C=O) groups excluding carboxylic acids is 2. The highest BCUT2D eigenvalue weighted by Crippen LogP contribution is 2.20. The van der Waals surface area contributed by atoms with E-state index in [1.165, 1.54) is 28.0 Å². The second-order valence-corrected chi connectivity index (χ2v) is 5.38. The summed E-state index contributed by atoms with van der Waals surface area (Å²) in [4.78, 5) is 27.1. The number of hydrogen-bond donors (Lipinski definition) is 0. The molecule has 0 atom stereocenters. The Labute approximate surface area is 136 Å². The van der Waals surface area contributed by atoms with Crippen LogP contribution in [0.15, 0.2) is 42.5 Å². The first-order chi connectivity index (χ1) is 11.5. The molecule has 7 heteroatoms. The third kappa shape index (κ3) is 3.10. The van der Waals surface area contributed by atoms with Crippen molar-refractivity contribution in [3.05, 3.63) is 65.5 Å². The summed E-state index contributed by atoms with van der Waals surface area (Å²) in [5, 5.41) is 0. The molecule has 0 spiro atoms. The molecule has 24 heavy (non-hydrogen) atoms. The number of rotatable bonds is 2. The summed E-state index contributed by atoms with van der Waals surface area (Å²) in [5.74, 6) is -3.30. The van der Waals surface area contributed by atoms with Gasteiger partial charge in [-0.2, -0.15) is 0 Å². The third-order valence-electron chi connectivity index (χ3n) is 3.79. The number of hydrogen-bond acceptors (Lipinski definition) is 2. The highest BCUT2D eigenvalue weighted by molar-refractivity contribution is 6.01. The van der Waals surface area contributed by atoms with Gasteiger partial charge in [-0.05, 0) is 30.3 Å². The van der Waals surface area contributed by atoms with Crippen LogP contribution in [0.25, 0.3) is 0 Å². The van der Waals surface area contributed by atoms with Crippen molar-refractivity contribution in [2.75, 3.05) is 24.5 Å². The average Bonchev–Trinajstić information content (AvgIpc) is 2.54. The van der Waals surface area contributed by atoms with Crippen LogP contribution in [0.3, 0.4) is 0 Å². The lowest BCUT2D eigenvalue weighted by molar-refractivity contribution is -0.120. The molecule has 1 heterocycles. The Morgan fingerprint density at radius 1 is 0.958 bits per heavy atom. The minimum Gasteiger partial charge on any atom is -0.327 e. The van der Waals surface area contributed by atoms with Gasteiger partial charge >= 0.3 is 0 Å². The van der Waals surface area contributed by atoms with E-state index in [9.17, 15) is 22.8 Å². The molecular formula is C17H13F3N2O2. The first-order valence-corrected chi connectivity index (χ1v) is 7.26. The monoisotopic (exact) mass is 334 g/mol. The molecule has 0 bridgehead atoms. The van der Waals surface area contributed by atoms with Gasteiger partial charge < -0.3 is 9.80 Å². The lowest BCUT2D eigenvalue weighted by Crippen LogP contribution is -2.52. The maximum Gasteiger partial charge on any atom is 0.257 e. The Morgan fingerprint density at radius 3 is 2.38 bits per heavy atom. The lowest BCUT2D eigenvalue weighted by Gasteiger charge is -2.34. The summed E-state index contributed by atoms with van der Waals surface area (Å²) >= 11 is 0. The molecule has 124 valence electrons. The number of piperazine rings is 1. The van der Waals surface area contributed by atoms with Gasteiger partial charge in [0.05, 0.1) is 5.56 Å². The van der Waals surface area contributed by atoms with E-state index in [4.69, 9.17) is 0 Å². The summed E-state index contributed by atoms with van der Waals surface area (Å²) in [7, 11) is 0. The van der Waals surface area contributed by atoms with E-state index in [-0.39, 0.29) is 25.2 Å². The standard InChI is InChI=1S/C17H13F3N2O2/c18-11-2-1-3-13(8-11)22-7-6-21(10-16(22)23)17(24)14-5-4-12(19)9-15(14)20/h1-5,8-9H,6-7,10H2. The van der Waals surface area contributed by atoms with Gasteiger partial charge in [-0.1, -0.05) is 6.07 Å². The second-order valence-electron chi connectivity index (χ2n) is 5.38. The normalized spacial score (nSPS) is 14.9. The smallest absolute Gasteiger partial charge is 0.257 e. The van der Waals surface area contributed by atoms with Crippen molar-refractivity contribution in [1.82, 2.24) is 4.90 Å². The molecule has 1 saturated heterocycles. The molecule has 2 amide bonds. The molecule has 1 fully saturated rings. The average molecular weight is 334 g/mol. The molecule has 0 aromatic heterocycles. The van der Waals surface area contributed by atoms with Crippen molar-refractivity contribution in [3.8, 4) is 0 Å². The number of benzene rings is 2. The van der Waals surface area contributed by atoms with Gasteiger partial charge in [0.15, 0.2) is 0 Å². The number of carbonyl (C=O) groups is 2. The molecule has 1 aliphatic heterocycles. The first-order valence-electron chi connectivity index (χ1n) is 7.26. The van der Waals surface area contributed by atoms with Crippen LogP contribution < -0.4 is 4.90 Å². The molecule has 2 aromatic carbocycles. The fraction of sp³-hybridized carbons (Fsp3) is 0.176. The second kappa shape index (κ2) is 6.35. The maximum atomic E-state index is 13.7. The van der Waals surface area contributed by atoms with Crippen LogP contribution >= 0.6 is 0 Å². The Hall–Kier alpha value is -2.83. The molecule has 4 nitrogen and oxygen atoms in total. The fourth-order valence-electron chi connectivity index (χ4n) is 2.60. The van der Waals surface area contributed by atoms with Gasteiger partial charge in [0.1, 0.15) is 24.0 Å². The Bertz CT molecular complexity index is 810. The van der Waals surface area contributed by atoms with E-state index < -0.39 is 29.3 Å². The highest BCUT2D eigenvalue weighted by atomic mass is 19.1. The van der Waals surface area contributed by atoms with Crippen LogP contribution in [-0.2, 0) is 4.79 Å². The van der Waals surface area contributed by atoms with Crippen LogP contribution in [0, 0.1) is 17.5 Å². The molecule has 0 aliphatic carbocycles. The summed E-state index contributed by atoms with van der Waals surface area (Å²) < 4.78 is 39.9.